The van der Waals surface area contributed by atoms with E-state index in [1.165, 1.54) is 5.56 Å². The number of hydroxylamine groups is 2. The van der Waals surface area contributed by atoms with E-state index in [0.717, 1.165) is 6.42 Å². The Morgan fingerprint density at radius 1 is 1.47 bits per heavy atom. The van der Waals surface area contributed by atoms with E-state index < -0.39 is 12.1 Å². The van der Waals surface area contributed by atoms with Crippen molar-refractivity contribution in [2.24, 2.45) is 5.73 Å². The number of carbonyl (C=O) groups excluding carboxylic acids is 1. The van der Waals surface area contributed by atoms with Gasteiger partial charge in [0, 0.05) is 6.42 Å². The predicted molar refractivity (Wildman–Crippen MR) is 65.2 cm³/mol. The van der Waals surface area contributed by atoms with Crippen LogP contribution < -0.4 is 5.73 Å². The molecule has 0 fully saturated rings. The van der Waals surface area contributed by atoms with E-state index in [1.54, 1.807) is 6.92 Å². The van der Waals surface area contributed by atoms with Crippen LogP contribution >= 0.6 is 0 Å². The van der Waals surface area contributed by atoms with Crippen molar-refractivity contribution in [1.29, 1.82) is 0 Å². The maximum absolute atomic E-state index is 10.6. The zero-order chi connectivity index (χ0) is 12.7. The summed E-state index contributed by atoms with van der Waals surface area (Å²) in [6.45, 7) is 1.61. The van der Waals surface area contributed by atoms with E-state index in [2.05, 4.69) is 11.8 Å². The molecule has 1 rings (SSSR count). The minimum atomic E-state index is -0.894. The second-order valence-corrected chi connectivity index (χ2v) is 3.67. The first-order chi connectivity index (χ1) is 8.11. The fourth-order valence-corrected chi connectivity index (χ4v) is 1.32. The van der Waals surface area contributed by atoms with Crippen molar-refractivity contribution in [2.75, 3.05) is 0 Å². The quantitative estimate of drug-likeness (QED) is 0.474. The molecule has 17 heavy (non-hydrogen) atoms. The van der Waals surface area contributed by atoms with Crippen LogP contribution in [0, 0.1) is 11.8 Å². The van der Waals surface area contributed by atoms with Gasteiger partial charge < -0.3 is 5.73 Å². The molecule has 2 amide bonds. The highest BCUT2D eigenvalue weighted by molar-refractivity contribution is 5.71. The van der Waals surface area contributed by atoms with E-state index in [0.29, 0.717) is 11.5 Å². The highest BCUT2D eigenvalue weighted by Crippen LogP contribution is 2.01. The number of primary amides is 1. The molecule has 1 aromatic carbocycles. The highest BCUT2D eigenvalue weighted by atomic mass is 16.5. The van der Waals surface area contributed by atoms with Crippen molar-refractivity contribution in [2.45, 2.75) is 25.8 Å². The number of nitrogens with two attached hydrogens (primary N) is 1. The molecule has 0 radical (unpaired) electrons. The van der Waals surface area contributed by atoms with E-state index in [4.69, 9.17) is 10.9 Å². The van der Waals surface area contributed by atoms with Crippen LogP contribution in [0.1, 0.15) is 18.9 Å². The van der Waals surface area contributed by atoms with Gasteiger partial charge in [0.1, 0.15) is 6.04 Å². The summed E-state index contributed by atoms with van der Waals surface area (Å²) in [5.41, 5.74) is 6.11. The number of carbonyl (C=O) groups is 1. The molecule has 3 N–H and O–H groups in total. The molecule has 0 aliphatic heterocycles. The molecular formula is C13H16N2O2. The van der Waals surface area contributed by atoms with Crippen LogP contribution in [-0.4, -0.2) is 22.3 Å². The zero-order valence-electron chi connectivity index (χ0n) is 9.76. The first-order valence-electron chi connectivity index (χ1n) is 5.41. The van der Waals surface area contributed by atoms with Crippen molar-refractivity contribution in [3.8, 4) is 11.8 Å². The van der Waals surface area contributed by atoms with Crippen LogP contribution in [0.25, 0.3) is 0 Å². The van der Waals surface area contributed by atoms with Crippen LogP contribution in [0.15, 0.2) is 30.3 Å². The summed E-state index contributed by atoms with van der Waals surface area (Å²) in [5.74, 6) is 5.67. The molecule has 0 heterocycles. The minimum Gasteiger partial charge on any atom is -0.350 e. The van der Waals surface area contributed by atoms with Gasteiger partial charge >= 0.3 is 6.03 Å². The monoisotopic (exact) mass is 232 g/mol. The van der Waals surface area contributed by atoms with Gasteiger partial charge in [0.25, 0.3) is 0 Å². The van der Waals surface area contributed by atoms with Gasteiger partial charge in [0.15, 0.2) is 0 Å². The summed E-state index contributed by atoms with van der Waals surface area (Å²) >= 11 is 0. The molecular weight excluding hydrogens is 216 g/mol. The van der Waals surface area contributed by atoms with Crippen molar-refractivity contribution in [3.63, 3.8) is 0 Å². The molecule has 0 bridgehead atoms. The molecule has 90 valence electrons. The van der Waals surface area contributed by atoms with Crippen LogP contribution in [-0.2, 0) is 6.42 Å². The lowest BCUT2D eigenvalue weighted by Gasteiger charge is -2.14. The summed E-state index contributed by atoms with van der Waals surface area (Å²) in [6.07, 6.45) is 1.53. The third kappa shape index (κ3) is 4.58. The maximum Gasteiger partial charge on any atom is 0.339 e. The van der Waals surface area contributed by atoms with Crippen LogP contribution in [0.5, 0.6) is 0 Å². The van der Waals surface area contributed by atoms with Crippen LogP contribution in [0.2, 0.25) is 0 Å². The zero-order valence-corrected chi connectivity index (χ0v) is 9.76. The Labute approximate surface area is 101 Å². The Balaban J connectivity index is 2.39. The summed E-state index contributed by atoms with van der Waals surface area (Å²) in [4.78, 5) is 10.6. The third-order valence-electron chi connectivity index (χ3n) is 2.29. The molecule has 1 aromatic rings. The number of amides is 2. The molecule has 0 saturated carbocycles. The fourth-order valence-electron chi connectivity index (χ4n) is 1.32. The van der Waals surface area contributed by atoms with Gasteiger partial charge in [-0.15, -0.1) is 5.92 Å². The van der Waals surface area contributed by atoms with E-state index in [-0.39, 0.29) is 0 Å². The number of aryl methyl sites for hydroxylation is 1. The first-order valence-corrected chi connectivity index (χ1v) is 5.41. The summed E-state index contributed by atoms with van der Waals surface area (Å²) < 4.78 is 0. The van der Waals surface area contributed by atoms with Crippen molar-refractivity contribution in [3.05, 3.63) is 35.9 Å². The lowest BCUT2D eigenvalue weighted by atomic mass is 10.1. The highest BCUT2D eigenvalue weighted by Gasteiger charge is 2.11. The molecule has 1 atom stereocenters. The molecule has 0 aromatic heterocycles. The Bertz CT molecular complexity index is 420. The lowest BCUT2D eigenvalue weighted by Crippen LogP contribution is -2.38. The number of rotatable bonds is 3. The topological polar surface area (TPSA) is 66.6 Å². The minimum absolute atomic E-state index is 0.426. The van der Waals surface area contributed by atoms with Gasteiger partial charge in [-0.2, -0.15) is 5.06 Å². The summed E-state index contributed by atoms with van der Waals surface area (Å²) in [6, 6.07) is 8.52. The normalized spacial score (nSPS) is 11.2. The number of hydrogen-bond acceptors (Lipinski definition) is 2. The average Bonchev–Trinajstić information content (AvgIpc) is 2.34. The number of hydrogen-bond donors (Lipinski definition) is 2. The molecule has 4 nitrogen and oxygen atoms in total. The van der Waals surface area contributed by atoms with E-state index >= 15 is 0 Å². The van der Waals surface area contributed by atoms with Gasteiger partial charge in [-0.1, -0.05) is 36.3 Å². The first kappa shape index (κ1) is 13.1. The molecule has 1 unspecified atom stereocenters. The Hall–Kier alpha value is -1.99. The predicted octanol–water partition coefficient (Wildman–Crippen LogP) is 1.78. The lowest BCUT2D eigenvalue weighted by molar-refractivity contribution is -0.0536. The fraction of sp³-hybridized carbons (Fsp3) is 0.308. The third-order valence-corrected chi connectivity index (χ3v) is 2.29. The number of nitrogens with zero attached hydrogens (tertiary/aromatic N) is 1. The van der Waals surface area contributed by atoms with E-state index in [9.17, 15) is 4.79 Å². The van der Waals surface area contributed by atoms with E-state index in [1.807, 2.05) is 30.3 Å². The van der Waals surface area contributed by atoms with Gasteiger partial charge in [-0.3, -0.25) is 5.21 Å². The summed E-state index contributed by atoms with van der Waals surface area (Å²) in [5, 5.41) is 9.59. The smallest absolute Gasteiger partial charge is 0.339 e. The largest absolute Gasteiger partial charge is 0.350 e. The van der Waals surface area contributed by atoms with Crippen molar-refractivity contribution < 1.29 is 10.0 Å². The van der Waals surface area contributed by atoms with Gasteiger partial charge in [-0.05, 0) is 18.9 Å². The molecule has 0 aliphatic carbocycles. The van der Waals surface area contributed by atoms with Crippen molar-refractivity contribution >= 4 is 6.03 Å². The van der Waals surface area contributed by atoms with Crippen LogP contribution in [0.4, 0.5) is 4.79 Å². The summed E-state index contributed by atoms with van der Waals surface area (Å²) in [7, 11) is 0. The van der Waals surface area contributed by atoms with Crippen molar-refractivity contribution in [1.82, 2.24) is 5.06 Å². The molecule has 0 aliphatic rings. The van der Waals surface area contributed by atoms with Gasteiger partial charge in [-0.25, -0.2) is 4.79 Å². The second kappa shape index (κ2) is 6.56. The second-order valence-electron chi connectivity index (χ2n) is 3.67. The molecule has 4 heteroatoms. The number of benzene rings is 1. The maximum atomic E-state index is 10.6. The Kier molecular flexibility index (Phi) is 5.05. The SMILES string of the molecule is CC(C#CCCc1ccccc1)N(O)C(N)=O. The standard InChI is InChI=1S/C13H16N2O2/c1-11(15(17)13(14)16)7-5-6-10-12-8-3-2-4-9-12/h2-4,8-9,11,17H,6,10H2,1H3,(H2,14,16). The molecule has 0 spiro atoms. The molecule has 0 saturated heterocycles. The van der Waals surface area contributed by atoms with Crippen LogP contribution in [0.3, 0.4) is 0 Å². The van der Waals surface area contributed by atoms with Gasteiger partial charge in [0.05, 0.1) is 0 Å². The average molecular weight is 232 g/mol. The Morgan fingerprint density at radius 3 is 2.71 bits per heavy atom. The number of urea groups is 1. The van der Waals surface area contributed by atoms with Gasteiger partial charge in [0.2, 0.25) is 0 Å². The Morgan fingerprint density at radius 2 is 2.12 bits per heavy atom.